The molecule has 2 aromatic rings. The van der Waals surface area contributed by atoms with E-state index in [1.807, 2.05) is 18.2 Å². The first-order chi connectivity index (χ1) is 15.6. The Hall–Kier alpha value is -3.75. The predicted molar refractivity (Wildman–Crippen MR) is 114 cm³/mol. The van der Waals surface area contributed by atoms with E-state index in [4.69, 9.17) is 14.2 Å². The molecule has 0 unspecified atom stereocenters. The number of anilines is 1. The smallest absolute Gasteiger partial charge is 0.267 e. The van der Waals surface area contributed by atoms with Crippen LogP contribution in [-0.4, -0.2) is 72.5 Å². The number of para-hydroxylation sites is 4. The van der Waals surface area contributed by atoms with E-state index in [9.17, 15) is 14.4 Å². The highest BCUT2D eigenvalue weighted by atomic mass is 16.6. The zero-order valence-electron chi connectivity index (χ0n) is 17.4. The Morgan fingerprint density at radius 3 is 2.31 bits per heavy atom. The number of carbonyl (C=O) groups excluding carboxylic acids is 3. The number of hydrogen-bond donors (Lipinski definition) is 1. The van der Waals surface area contributed by atoms with Crippen LogP contribution >= 0.6 is 0 Å². The predicted octanol–water partition coefficient (Wildman–Crippen LogP) is 1.29. The second-order valence-corrected chi connectivity index (χ2v) is 7.87. The summed E-state index contributed by atoms with van der Waals surface area (Å²) in [5.74, 6) is 1.07. The molecular weight excluding hydrogens is 414 g/mol. The van der Waals surface area contributed by atoms with Gasteiger partial charge in [0, 0.05) is 26.2 Å². The van der Waals surface area contributed by atoms with Crippen molar-refractivity contribution in [3.05, 3.63) is 48.5 Å². The summed E-state index contributed by atoms with van der Waals surface area (Å²) >= 11 is 0. The molecule has 0 saturated carbocycles. The molecule has 2 aromatic carbocycles. The van der Waals surface area contributed by atoms with Gasteiger partial charge >= 0.3 is 0 Å². The van der Waals surface area contributed by atoms with E-state index < -0.39 is 12.2 Å². The van der Waals surface area contributed by atoms with E-state index >= 15 is 0 Å². The molecule has 166 valence electrons. The fourth-order valence-electron chi connectivity index (χ4n) is 4.04. The minimum atomic E-state index is -0.870. The van der Waals surface area contributed by atoms with Gasteiger partial charge in [-0.05, 0) is 24.3 Å². The number of nitrogens with zero attached hydrogens (tertiary/aromatic N) is 2. The van der Waals surface area contributed by atoms with Gasteiger partial charge < -0.3 is 29.3 Å². The largest absolute Gasteiger partial charge is 0.485 e. The Bertz CT molecular complexity index is 1050. The van der Waals surface area contributed by atoms with Crippen LogP contribution < -0.4 is 19.5 Å². The number of nitrogens with one attached hydrogen (secondary N) is 1. The Labute approximate surface area is 184 Å². The van der Waals surface area contributed by atoms with Gasteiger partial charge in [0.15, 0.2) is 17.6 Å². The highest BCUT2D eigenvalue weighted by Crippen LogP contribution is 2.32. The van der Waals surface area contributed by atoms with Crippen molar-refractivity contribution < 1.29 is 28.6 Å². The van der Waals surface area contributed by atoms with Crippen molar-refractivity contribution in [2.24, 2.45) is 0 Å². The number of ether oxygens (including phenoxy) is 3. The Kier molecular flexibility index (Phi) is 5.30. The van der Waals surface area contributed by atoms with E-state index in [0.717, 1.165) is 0 Å². The van der Waals surface area contributed by atoms with Crippen LogP contribution in [0.5, 0.6) is 17.2 Å². The minimum absolute atomic E-state index is 0.0511. The van der Waals surface area contributed by atoms with Gasteiger partial charge in [-0.1, -0.05) is 24.3 Å². The molecule has 1 saturated heterocycles. The van der Waals surface area contributed by atoms with Gasteiger partial charge in [-0.15, -0.1) is 0 Å². The molecule has 0 bridgehead atoms. The normalized spacial score (nSPS) is 21.8. The lowest BCUT2D eigenvalue weighted by molar-refractivity contribution is -0.147. The number of carbonyl (C=O) groups is 3. The molecule has 0 aliphatic carbocycles. The fraction of sp³-hybridized carbons (Fsp3) is 0.348. The molecule has 1 N–H and O–H groups in total. The number of benzene rings is 2. The third-order valence-electron chi connectivity index (χ3n) is 5.79. The Balaban J connectivity index is 1.14. The zero-order valence-corrected chi connectivity index (χ0v) is 17.4. The molecule has 32 heavy (non-hydrogen) atoms. The monoisotopic (exact) mass is 437 g/mol. The average Bonchev–Trinajstić information content (AvgIpc) is 2.84. The van der Waals surface area contributed by atoms with Crippen molar-refractivity contribution >= 4 is 23.4 Å². The fourth-order valence-corrected chi connectivity index (χ4v) is 4.04. The van der Waals surface area contributed by atoms with Gasteiger partial charge in [0.2, 0.25) is 12.0 Å². The molecule has 3 aliphatic rings. The zero-order chi connectivity index (χ0) is 22.1. The first-order valence-electron chi connectivity index (χ1n) is 10.6. The lowest BCUT2D eigenvalue weighted by Gasteiger charge is -2.37. The van der Waals surface area contributed by atoms with E-state index in [0.29, 0.717) is 49.1 Å². The van der Waals surface area contributed by atoms with Crippen LogP contribution in [0.15, 0.2) is 48.5 Å². The van der Waals surface area contributed by atoms with Gasteiger partial charge in [-0.2, -0.15) is 0 Å². The maximum atomic E-state index is 12.9. The number of hydrogen-bond acceptors (Lipinski definition) is 6. The van der Waals surface area contributed by atoms with E-state index in [1.165, 1.54) is 0 Å². The summed E-state index contributed by atoms with van der Waals surface area (Å²) in [7, 11) is 0. The van der Waals surface area contributed by atoms with Gasteiger partial charge in [0.1, 0.15) is 12.4 Å². The van der Waals surface area contributed by atoms with E-state index in [1.54, 1.807) is 40.1 Å². The molecule has 0 radical (unpaired) electrons. The van der Waals surface area contributed by atoms with Crippen molar-refractivity contribution in [3.63, 3.8) is 0 Å². The quantitative estimate of drug-likeness (QED) is 0.777. The van der Waals surface area contributed by atoms with Crippen LogP contribution in [0.2, 0.25) is 0 Å². The lowest BCUT2D eigenvalue weighted by atomic mass is 10.1. The van der Waals surface area contributed by atoms with Crippen LogP contribution in [0.3, 0.4) is 0 Å². The summed E-state index contributed by atoms with van der Waals surface area (Å²) in [6.45, 7) is 1.73. The summed E-state index contributed by atoms with van der Waals surface area (Å²) in [5.41, 5.74) is 0.602. The third-order valence-corrected chi connectivity index (χ3v) is 5.79. The van der Waals surface area contributed by atoms with Gasteiger partial charge in [0.05, 0.1) is 12.1 Å². The van der Waals surface area contributed by atoms with Gasteiger partial charge in [-0.25, -0.2) is 0 Å². The standard InChI is InChI=1S/C23H23N3O6/c27-21(13-19-22(28)24-15-5-1-2-6-16(15)31-19)25-9-11-26(12-10-25)23(29)20-14-30-17-7-3-4-8-18(17)32-20/h1-8,19-20H,9-14H2,(H,24,28)/t19-,20+/m1/s1. The molecule has 3 aliphatic heterocycles. The number of amides is 3. The molecule has 0 aromatic heterocycles. The molecule has 3 amide bonds. The maximum Gasteiger partial charge on any atom is 0.267 e. The molecule has 3 heterocycles. The van der Waals surface area contributed by atoms with Crippen molar-refractivity contribution in [1.29, 1.82) is 0 Å². The Morgan fingerprint density at radius 1 is 0.875 bits per heavy atom. The van der Waals surface area contributed by atoms with Gasteiger partial charge in [-0.3, -0.25) is 14.4 Å². The molecule has 9 heteroatoms. The van der Waals surface area contributed by atoms with Gasteiger partial charge in [0.25, 0.3) is 11.8 Å². The molecule has 2 atom stereocenters. The first kappa shape index (κ1) is 20.2. The molecule has 5 rings (SSSR count). The van der Waals surface area contributed by atoms with Crippen LogP contribution in [0.1, 0.15) is 6.42 Å². The Morgan fingerprint density at radius 2 is 1.53 bits per heavy atom. The number of fused-ring (bicyclic) bond motifs is 2. The third kappa shape index (κ3) is 3.93. The highest BCUT2D eigenvalue weighted by molar-refractivity contribution is 6.00. The summed E-state index contributed by atoms with van der Waals surface area (Å²) in [4.78, 5) is 41.3. The summed E-state index contributed by atoms with van der Waals surface area (Å²) in [5, 5.41) is 2.77. The van der Waals surface area contributed by atoms with Crippen LogP contribution in [0, 0.1) is 0 Å². The van der Waals surface area contributed by atoms with Crippen LogP contribution in [-0.2, 0) is 14.4 Å². The number of piperazine rings is 1. The van der Waals surface area contributed by atoms with Crippen molar-refractivity contribution in [1.82, 2.24) is 9.80 Å². The van der Waals surface area contributed by atoms with Crippen molar-refractivity contribution in [2.75, 3.05) is 38.1 Å². The second kappa shape index (κ2) is 8.41. The molecule has 1 fully saturated rings. The van der Waals surface area contributed by atoms with Crippen LogP contribution in [0.25, 0.3) is 0 Å². The van der Waals surface area contributed by atoms with Crippen molar-refractivity contribution in [3.8, 4) is 17.2 Å². The minimum Gasteiger partial charge on any atom is -0.485 e. The average molecular weight is 437 g/mol. The molecular formula is C23H23N3O6. The first-order valence-corrected chi connectivity index (χ1v) is 10.6. The number of rotatable bonds is 3. The SMILES string of the molecule is O=C1Nc2ccccc2O[C@@H]1CC(=O)N1CCN(C(=O)[C@@H]2COc3ccccc3O2)CC1. The maximum absolute atomic E-state index is 12.9. The lowest BCUT2D eigenvalue weighted by Crippen LogP contribution is -2.55. The topological polar surface area (TPSA) is 97.4 Å². The molecule has 0 spiro atoms. The summed E-state index contributed by atoms with van der Waals surface area (Å²) < 4.78 is 17.2. The van der Waals surface area contributed by atoms with E-state index in [2.05, 4.69) is 5.32 Å². The highest BCUT2D eigenvalue weighted by Gasteiger charge is 2.35. The van der Waals surface area contributed by atoms with Crippen molar-refractivity contribution in [2.45, 2.75) is 18.6 Å². The summed E-state index contributed by atoms with van der Waals surface area (Å²) in [6.07, 6.45) is -1.62. The molecule has 9 nitrogen and oxygen atoms in total. The van der Waals surface area contributed by atoms with E-state index in [-0.39, 0.29) is 30.7 Å². The van der Waals surface area contributed by atoms with Crippen LogP contribution in [0.4, 0.5) is 5.69 Å². The second-order valence-electron chi connectivity index (χ2n) is 7.87. The summed E-state index contributed by atoms with van der Waals surface area (Å²) in [6, 6.07) is 14.4.